The molecule has 1 aromatic carbocycles. The van der Waals surface area contributed by atoms with E-state index in [9.17, 15) is 0 Å². The number of benzene rings is 1. The molecule has 1 aromatic rings. The summed E-state index contributed by atoms with van der Waals surface area (Å²) in [7, 11) is 1.63. The lowest BCUT2D eigenvalue weighted by Crippen LogP contribution is -2.42. The summed E-state index contributed by atoms with van der Waals surface area (Å²) in [5.74, 6) is 0.794. The third kappa shape index (κ3) is 4.47. The molecule has 0 aromatic heterocycles. The standard InChI is InChI=1S/C14H24N2O3/c1-11(15)14(16(7-9-17)8-10-18)12-3-5-13(19-2)6-4-12/h3-6,11,14,17-18H,7-10,15H2,1-2H3. The molecule has 0 saturated carbocycles. The van der Waals surface area contributed by atoms with Crippen molar-refractivity contribution in [3.05, 3.63) is 29.8 Å². The van der Waals surface area contributed by atoms with Crippen molar-refractivity contribution in [1.29, 1.82) is 0 Å². The smallest absolute Gasteiger partial charge is 0.118 e. The molecular weight excluding hydrogens is 244 g/mol. The summed E-state index contributed by atoms with van der Waals surface area (Å²) in [4.78, 5) is 1.99. The highest BCUT2D eigenvalue weighted by Crippen LogP contribution is 2.25. The van der Waals surface area contributed by atoms with Crippen LogP contribution >= 0.6 is 0 Å². The molecule has 0 bridgehead atoms. The Morgan fingerprint density at radius 1 is 1.16 bits per heavy atom. The van der Waals surface area contributed by atoms with Crippen molar-refractivity contribution in [2.45, 2.75) is 19.0 Å². The molecule has 4 N–H and O–H groups in total. The monoisotopic (exact) mass is 268 g/mol. The van der Waals surface area contributed by atoms with Gasteiger partial charge in [-0.15, -0.1) is 0 Å². The summed E-state index contributed by atoms with van der Waals surface area (Å²) in [6, 6.07) is 7.57. The van der Waals surface area contributed by atoms with Crippen LogP contribution in [0.25, 0.3) is 0 Å². The van der Waals surface area contributed by atoms with Crippen molar-refractivity contribution in [2.24, 2.45) is 5.73 Å². The molecule has 2 atom stereocenters. The maximum absolute atomic E-state index is 9.14. The molecule has 5 heteroatoms. The molecule has 0 amide bonds. The van der Waals surface area contributed by atoms with Crippen molar-refractivity contribution in [2.75, 3.05) is 33.4 Å². The van der Waals surface area contributed by atoms with Crippen LogP contribution in [0.3, 0.4) is 0 Å². The quantitative estimate of drug-likeness (QED) is 0.635. The van der Waals surface area contributed by atoms with Crippen LogP contribution in [0.1, 0.15) is 18.5 Å². The van der Waals surface area contributed by atoms with E-state index in [0.29, 0.717) is 13.1 Å². The van der Waals surface area contributed by atoms with Crippen LogP contribution in [0, 0.1) is 0 Å². The van der Waals surface area contributed by atoms with Gasteiger partial charge >= 0.3 is 0 Å². The summed E-state index contributed by atoms with van der Waals surface area (Å²) in [5, 5.41) is 18.3. The summed E-state index contributed by atoms with van der Waals surface area (Å²) in [6.45, 7) is 2.98. The van der Waals surface area contributed by atoms with Gasteiger partial charge in [0.1, 0.15) is 5.75 Å². The lowest BCUT2D eigenvalue weighted by Gasteiger charge is -2.33. The minimum atomic E-state index is -0.105. The minimum Gasteiger partial charge on any atom is -0.497 e. The molecule has 108 valence electrons. The van der Waals surface area contributed by atoms with Gasteiger partial charge in [-0.3, -0.25) is 4.90 Å². The zero-order chi connectivity index (χ0) is 14.3. The molecule has 0 fully saturated rings. The van der Waals surface area contributed by atoms with Gasteiger partial charge in [0, 0.05) is 25.2 Å². The lowest BCUT2D eigenvalue weighted by molar-refractivity contribution is 0.111. The molecule has 0 saturated heterocycles. The summed E-state index contributed by atoms with van der Waals surface area (Å²) in [5.41, 5.74) is 7.12. The van der Waals surface area contributed by atoms with E-state index in [4.69, 9.17) is 20.7 Å². The van der Waals surface area contributed by atoms with E-state index in [1.807, 2.05) is 36.1 Å². The van der Waals surface area contributed by atoms with Crippen LogP contribution in [0.5, 0.6) is 5.75 Å². The van der Waals surface area contributed by atoms with E-state index in [1.54, 1.807) is 7.11 Å². The van der Waals surface area contributed by atoms with Gasteiger partial charge in [0.15, 0.2) is 0 Å². The number of nitrogens with two attached hydrogens (primary N) is 1. The molecule has 0 aliphatic rings. The third-order valence-electron chi connectivity index (χ3n) is 3.12. The number of nitrogens with zero attached hydrogens (tertiary/aromatic N) is 1. The number of methoxy groups -OCH3 is 1. The first-order valence-electron chi connectivity index (χ1n) is 6.49. The van der Waals surface area contributed by atoms with Crippen LogP contribution < -0.4 is 10.5 Å². The highest BCUT2D eigenvalue weighted by Gasteiger charge is 2.23. The Labute approximate surface area is 114 Å². The molecule has 19 heavy (non-hydrogen) atoms. The number of hydrogen-bond donors (Lipinski definition) is 3. The van der Waals surface area contributed by atoms with Crippen molar-refractivity contribution < 1.29 is 14.9 Å². The van der Waals surface area contributed by atoms with E-state index in [1.165, 1.54) is 0 Å². The van der Waals surface area contributed by atoms with E-state index in [2.05, 4.69) is 0 Å². The van der Waals surface area contributed by atoms with Crippen LogP contribution in [-0.2, 0) is 0 Å². The average Bonchev–Trinajstić information content (AvgIpc) is 2.40. The molecule has 0 heterocycles. The van der Waals surface area contributed by atoms with Gasteiger partial charge in [-0.1, -0.05) is 12.1 Å². The second-order valence-electron chi connectivity index (χ2n) is 4.56. The number of aliphatic hydroxyl groups excluding tert-OH is 2. The highest BCUT2D eigenvalue weighted by atomic mass is 16.5. The fourth-order valence-corrected chi connectivity index (χ4v) is 2.29. The molecule has 1 rings (SSSR count). The van der Waals surface area contributed by atoms with E-state index in [-0.39, 0.29) is 25.3 Å². The molecule has 0 aliphatic carbocycles. The summed E-state index contributed by atoms with van der Waals surface area (Å²) < 4.78 is 5.14. The number of hydrogen-bond acceptors (Lipinski definition) is 5. The fraction of sp³-hybridized carbons (Fsp3) is 0.571. The van der Waals surface area contributed by atoms with E-state index >= 15 is 0 Å². The van der Waals surface area contributed by atoms with Gasteiger partial charge in [-0.2, -0.15) is 0 Å². The Bertz CT molecular complexity index is 348. The third-order valence-corrected chi connectivity index (χ3v) is 3.12. The summed E-state index contributed by atoms with van der Waals surface area (Å²) >= 11 is 0. The molecule has 0 aliphatic heterocycles. The van der Waals surface area contributed by atoms with Crippen LogP contribution in [-0.4, -0.2) is 54.6 Å². The maximum atomic E-state index is 9.14. The van der Waals surface area contributed by atoms with Crippen LogP contribution in [0.15, 0.2) is 24.3 Å². The Morgan fingerprint density at radius 3 is 2.05 bits per heavy atom. The fourth-order valence-electron chi connectivity index (χ4n) is 2.29. The van der Waals surface area contributed by atoms with Gasteiger partial charge in [-0.05, 0) is 24.6 Å². The molecule has 0 spiro atoms. The first-order chi connectivity index (χ1) is 9.13. The predicted molar refractivity (Wildman–Crippen MR) is 75.1 cm³/mol. The largest absolute Gasteiger partial charge is 0.497 e. The SMILES string of the molecule is COc1ccc(C(C(C)N)N(CCO)CCO)cc1. The number of aliphatic hydroxyl groups is 2. The first-order valence-corrected chi connectivity index (χ1v) is 6.49. The van der Waals surface area contributed by atoms with Gasteiger partial charge in [-0.25, -0.2) is 0 Å². The van der Waals surface area contributed by atoms with E-state index < -0.39 is 0 Å². The van der Waals surface area contributed by atoms with Gasteiger partial charge in [0.2, 0.25) is 0 Å². The zero-order valence-electron chi connectivity index (χ0n) is 11.6. The Morgan fingerprint density at radius 2 is 1.68 bits per heavy atom. The van der Waals surface area contributed by atoms with Crippen molar-refractivity contribution in [3.63, 3.8) is 0 Å². The normalized spacial score (nSPS) is 14.4. The predicted octanol–water partition coefficient (Wildman–Crippen LogP) is 0.370. The van der Waals surface area contributed by atoms with Gasteiger partial charge in [0.05, 0.1) is 20.3 Å². The van der Waals surface area contributed by atoms with E-state index in [0.717, 1.165) is 11.3 Å². The van der Waals surface area contributed by atoms with Crippen molar-refractivity contribution >= 4 is 0 Å². The minimum absolute atomic E-state index is 0.0368. The maximum Gasteiger partial charge on any atom is 0.118 e. The van der Waals surface area contributed by atoms with Gasteiger partial charge < -0.3 is 20.7 Å². The average molecular weight is 268 g/mol. The second-order valence-corrected chi connectivity index (χ2v) is 4.56. The first kappa shape index (κ1) is 15.9. The Hall–Kier alpha value is -1.14. The molecule has 5 nitrogen and oxygen atoms in total. The Kier molecular flexibility index (Phi) is 6.80. The number of ether oxygens (including phenoxy) is 1. The number of rotatable bonds is 8. The second kappa shape index (κ2) is 8.12. The topological polar surface area (TPSA) is 79.0 Å². The summed E-state index contributed by atoms with van der Waals surface area (Å²) in [6.07, 6.45) is 0. The van der Waals surface area contributed by atoms with Crippen molar-refractivity contribution in [1.82, 2.24) is 4.90 Å². The van der Waals surface area contributed by atoms with Gasteiger partial charge in [0.25, 0.3) is 0 Å². The van der Waals surface area contributed by atoms with Crippen molar-refractivity contribution in [3.8, 4) is 5.75 Å². The molecule has 2 unspecified atom stereocenters. The molecular formula is C14H24N2O3. The Balaban J connectivity index is 2.95. The lowest BCUT2D eigenvalue weighted by atomic mass is 9.99. The van der Waals surface area contributed by atoms with Crippen LogP contribution in [0.4, 0.5) is 0 Å². The highest BCUT2D eigenvalue weighted by molar-refractivity contribution is 5.29. The van der Waals surface area contributed by atoms with Crippen LogP contribution in [0.2, 0.25) is 0 Å². The molecule has 0 radical (unpaired) electrons. The zero-order valence-corrected chi connectivity index (χ0v) is 11.6.